The summed E-state index contributed by atoms with van der Waals surface area (Å²) in [7, 11) is 0. The third kappa shape index (κ3) is 5.05. The fourth-order valence-corrected chi connectivity index (χ4v) is 3.43. The van der Waals surface area contributed by atoms with Crippen LogP contribution in [-0.2, 0) is 19.6 Å². The number of hydrogen-bond acceptors (Lipinski definition) is 4. The van der Waals surface area contributed by atoms with E-state index < -0.39 is 0 Å². The van der Waals surface area contributed by atoms with Gasteiger partial charge in [-0.05, 0) is 31.9 Å². The van der Waals surface area contributed by atoms with Gasteiger partial charge in [0.2, 0.25) is 0 Å². The minimum Gasteiger partial charge on any atom is -0.337 e. The second-order valence-electron chi connectivity index (χ2n) is 6.70. The lowest BCUT2D eigenvalue weighted by molar-refractivity contribution is 0.138. The van der Waals surface area contributed by atoms with Gasteiger partial charge in [-0.1, -0.05) is 36.8 Å². The van der Waals surface area contributed by atoms with Crippen LogP contribution < -0.4 is 10.6 Å². The number of nitrogens with one attached hydrogen (secondary N) is 2. The molecule has 2 N–H and O–H groups in total. The van der Waals surface area contributed by atoms with Crippen LogP contribution in [0.4, 0.5) is 4.79 Å². The van der Waals surface area contributed by atoms with E-state index >= 15 is 0 Å². The second-order valence-corrected chi connectivity index (χ2v) is 6.70. The van der Waals surface area contributed by atoms with Gasteiger partial charge in [0.05, 0.1) is 6.54 Å². The number of aromatic nitrogens is 3. The number of piperidine rings is 1. The zero-order valence-corrected chi connectivity index (χ0v) is 15.4. The Kier molecular flexibility index (Phi) is 6.60. The molecule has 1 aromatic heterocycles. The van der Waals surface area contributed by atoms with Crippen molar-refractivity contribution in [3.63, 3.8) is 0 Å². The van der Waals surface area contributed by atoms with Gasteiger partial charge in [-0.25, -0.2) is 4.79 Å². The number of hydrogen-bond donors (Lipinski definition) is 2. The van der Waals surface area contributed by atoms with E-state index in [1.165, 1.54) is 18.4 Å². The molecule has 1 unspecified atom stereocenters. The molecule has 0 aliphatic carbocycles. The predicted molar refractivity (Wildman–Crippen MR) is 100 cm³/mol. The SMILES string of the molecule is CCn1cnnc1CNC(=O)NCC1CCCCN1Cc1ccccc1. The van der Waals surface area contributed by atoms with E-state index in [0.29, 0.717) is 19.1 Å². The van der Waals surface area contributed by atoms with Gasteiger partial charge in [0.1, 0.15) is 6.33 Å². The Hall–Kier alpha value is -2.41. The molecule has 2 heterocycles. The topological polar surface area (TPSA) is 75.1 Å². The van der Waals surface area contributed by atoms with E-state index in [1.807, 2.05) is 17.6 Å². The minimum atomic E-state index is -0.152. The Morgan fingerprint density at radius 2 is 2.08 bits per heavy atom. The summed E-state index contributed by atoms with van der Waals surface area (Å²) in [6.07, 6.45) is 5.25. The van der Waals surface area contributed by atoms with Gasteiger partial charge in [-0.3, -0.25) is 4.90 Å². The van der Waals surface area contributed by atoms with Crippen molar-refractivity contribution in [1.82, 2.24) is 30.3 Å². The van der Waals surface area contributed by atoms with Gasteiger partial charge < -0.3 is 15.2 Å². The normalized spacial score (nSPS) is 17.8. The van der Waals surface area contributed by atoms with E-state index in [0.717, 1.165) is 31.9 Å². The molecule has 2 aromatic rings. The number of rotatable bonds is 7. The van der Waals surface area contributed by atoms with E-state index in [1.54, 1.807) is 6.33 Å². The third-order valence-electron chi connectivity index (χ3n) is 4.92. The summed E-state index contributed by atoms with van der Waals surface area (Å²) in [5.41, 5.74) is 1.32. The van der Waals surface area contributed by atoms with Crippen molar-refractivity contribution >= 4 is 6.03 Å². The van der Waals surface area contributed by atoms with Crippen LogP contribution in [0.15, 0.2) is 36.7 Å². The van der Waals surface area contributed by atoms with Crippen LogP contribution >= 0.6 is 0 Å². The molecule has 1 aliphatic heterocycles. The standard InChI is InChI=1S/C19H28N6O/c1-2-24-15-22-23-18(24)13-21-19(26)20-12-17-10-6-7-11-25(17)14-16-8-4-3-5-9-16/h3-5,8-9,15,17H,2,6-7,10-14H2,1H3,(H2,20,21,26). The summed E-state index contributed by atoms with van der Waals surface area (Å²) in [5, 5.41) is 13.8. The zero-order valence-electron chi connectivity index (χ0n) is 15.4. The summed E-state index contributed by atoms with van der Waals surface area (Å²) in [6.45, 7) is 5.90. The van der Waals surface area contributed by atoms with Crippen molar-refractivity contribution in [2.45, 2.75) is 51.9 Å². The van der Waals surface area contributed by atoms with Gasteiger partial charge in [0.25, 0.3) is 0 Å². The molecule has 0 spiro atoms. The molecule has 0 saturated carbocycles. The summed E-state index contributed by atoms with van der Waals surface area (Å²) in [6, 6.07) is 10.8. The maximum absolute atomic E-state index is 12.1. The van der Waals surface area contributed by atoms with Gasteiger partial charge in [-0.2, -0.15) is 0 Å². The number of carbonyl (C=O) groups excluding carboxylic acids is 1. The quantitative estimate of drug-likeness (QED) is 0.797. The third-order valence-corrected chi connectivity index (χ3v) is 4.92. The molecule has 7 heteroatoms. The Labute approximate surface area is 154 Å². The summed E-state index contributed by atoms with van der Waals surface area (Å²) in [4.78, 5) is 14.6. The van der Waals surface area contributed by atoms with E-state index in [4.69, 9.17) is 0 Å². The highest BCUT2D eigenvalue weighted by Crippen LogP contribution is 2.19. The van der Waals surface area contributed by atoms with Crippen molar-refractivity contribution in [3.8, 4) is 0 Å². The molecular formula is C19H28N6O. The Morgan fingerprint density at radius 3 is 2.88 bits per heavy atom. The maximum Gasteiger partial charge on any atom is 0.315 e. The highest BCUT2D eigenvalue weighted by molar-refractivity contribution is 5.73. The minimum absolute atomic E-state index is 0.152. The first-order valence-electron chi connectivity index (χ1n) is 9.42. The molecule has 26 heavy (non-hydrogen) atoms. The molecule has 1 saturated heterocycles. The number of urea groups is 1. The molecule has 1 aliphatic rings. The number of nitrogens with zero attached hydrogens (tertiary/aromatic N) is 4. The molecule has 2 amide bonds. The molecule has 1 aromatic carbocycles. The molecule has 1 fully saturated rings. The zero-order chi connectivity index (χ0) is 18.2. The van der Waals surface area contributed by atoms with Crippen molar-refractivity contribution in [1.29, 1.82) is 0 Å². The molecule has 7 nitrogen and oxygen atoms in total. The first kappa shape index (κ1) is 18.4. The largest absolute Gasteiger partial charge is 0.337 e. The predicted octanol–water partition coefficient (Wildman–Crippen LogP) is 2.15. The van der Waals surface area contributed by atoms with Gasteiger partial charge in [0, 0.05) is 25.7 Å². The highest BCUT2D eigenvalue weighted by Gasteiger charge is 2.22. The van der Waals surface area contributed by atoms with E-state index in [-0.39, 0.29) is 6.03 Å². The van der Waals surface area contributed by atoms with Crippen molar-refractivity contribution in [2.75, 3.05) is 13.1 Å². The lowest BCUT2D eigenvalue weighted by atomic mass is 10.0. The van der Waals surface area contributed by atoms with Crippen LogP contribution in [0, 0.1) is 0 Å². The smallest absolute Gasteiger partial charge is 0.315 e. The summed E-state index contributed by atoms with van der Waals surface area (Å²) >= 11 is 0. The van der Waals surface area contributed by atoms with Crippen LogP contribution in [-0.4, -0.2) is 44.8 Å². The van der Waals surface area contributed by atoms with Crippen LogP contribution in [0.2, 0.25) is 0 Å². The average molecular weight is 356 g/mol. The summed E-state index contributed by atoms with van der Waals surface area (Å²) < 4.78 is 1.92. The number of benzene rings is 1. The molecule has 140 valence electrons. The van der Waals surface area contributed by atoms with Gasteiger partial charge in [0.15, 0.2) is 5.82 Å². The van der Waals surface area contributed by atoms with Crippen molar-refractivity contribution in [3.05, 3.63) is 48.0 Å². The first-order chi connectivity index (χ1) is 12.8. The summed E-state index contributed by atoms with van der Waals surface area (Å²) in [5.74, 6) is 0.769. The molecule has 0 bridgehead atoms. The second kappa shape index (κ2) is 9.33. The van der Waals surface area contributed by atoms with Crippen LogP contribution in [0.25, 0.3) is 0 Å². The van der Waals surface area contributed by atoms with Crippen LogP contribution in [0.3, 0.4) is 0 Å². The van der Waals surface area contributed by atoms with Crippen molar-refractivity contribution in [2.24, 2.45) is 0 Å². The van der Waals surface area contributed by atoms with Crippen LogP contribution in [0.5, 0.6) is 0 Å². The number of carbonyl (C=O) groups is 1. The van der Waals surface area contributed by atoms with Gasteiger partial charge >= 0.3 is 6.03 Å². The molecule has 0 radical (unpaired) electrons. The monoisotopic (exact) mass is 356 g/mol. The number of amides is 2. The first-order valence-corrected chi connectivity index (χ1v) is 9.42. The number of aryl methyl sites for hydroxylation is 1. The molecule has 3 rings (SSSR count). The molecular weight excluding hydrogens is 328 g/mol. The Bertz CT molecular complexity index is 686. The van der Waals surface area contributed by atoms with E-state index in [2.05, 4.69) is 50.0 Å². The fraction of sp³-hybridized carbons (Fsp3) is 0.526. The van der Waals surface area contributed by atoms with E-state index in [9.17, 15) is 4.79 Å². The lowest BCUT2D eigenvalue weighted by Gasteiger charge is -2.35. The molecule has 1 atom stereocenters. The fourth-order valence-electron chi connectivity index (χ4n) is 3.43. The van der Waals surface area contributed by atoms with Gasteiger partial charge in [-0.15, -0.1) is 10.2 Å². The Balaban J connectivity index is 1.46. The number of likely N-dealkylation sites (tertiary alicyclic amines) is 1. The van der Waals surface area contributed by atoms with Crippen molar-refractivity contribution < 1.29 is 4.79 Å². The lowest BCUT2D eigenvalue weighted by Crippen LogP contribution is -2.48. The van der Waals surface area contributed by atoms with Crippen LogP contribution in [0.1, 0.15) is 37.6 Å². The average Bonchev–Trinajstić information content (AvgIpc) is 3.14. The highest BCUT2D eigenvalue weighted by atomic mass is 16.2. The Morgan fingerprint density at radius 1 is 1.23 bits per heavy atom. The maximum atomic E-state index is 12.1.